The van der Waals surface area contributed by atoms with Crippen LogP contribution >= 0.6 is 12.4 Å². The van der Waals surface area contributed by atoms with Crippen LogP contribution in [0.3, 0.4) is 0 Å². The molecule has 0 fully saturated rings. The number of carbonyl (C=O) groups excluding carboxylic acids is 2. The average molecular weight is 701 g/mol. The number of hydrogen-bond donors (Lipinski definition) is 4. The molecule has 2 aliphatic heterocycles. The van der Waals surface area contributed by atoms with Gasteiger partial charge in [-0.25, -0.2) is 14.8 Å². The Morgan fingerprint density at radius 1 is 0.708 bits per heavy atom. The molecule has 2 aliphatic rings. The second kappa shape index (κ2) is 14.3. The molecule has 3 amide bonds. The SMILES string of the molecule is Cl.O=C(Nc1nc(C(F)(F)F)n2c1CN(C(=O)O)CC2)c1ccccc1.O=C(Nc1nc(C(F)(F)F)n2c1CNCC2)c1ccccc1. The minimum absolute atomic E-state index is 0. The molecule has 6 rings (SSSR count). The maximum atomic E-state index is 13.2. The summed E-state index contributed by atoms with van der Waals surface area (Å²) < 4.78 is 80.6. The Hall–Kier alpha value is -5.10. The lowest BCUT2D eigenvalue weighted by molar-refractivity contribution is -0.148. The molecule has 0 atom stereocenters. The van der Waals surface area contributed by atoms with E-state index in [1.54, 1.807) is 48.5 Å². The number of halogens is 7. The van der Waals surface area contributed by atoms with E-state index in [2.05, 4.69) is 25.9 Å². The van der Waals surface area contributed by atoms with E-state index in [-0.39, 0.29) is 68.0 Å². The van der Waals surface area contributed by atoms with Crippen molar-refractivity contribution in [3.05, 3.63) is 94.8 Å². The molecule has 2 aromatic carbocycles. The zero-order valence-corrected chi connectivity index (χ0v) is 25.4. The van der Waals surface area contributed by atoms with Crippen LogP contribution in [-0.4, -0.2) is 60.1 Å². The van der Waals surface area contributed by atoms with Crippen molar-refractivity contribution in [2.24, 2.45) is 0 Å². The smallest absolute Gasteiger partial charge is 0.449 e. The number of rotatable bonds is 4. The zero-order chi connectivity index (χ0) is 33.9. The number of aromatic nitrogens is 4. The first kappa shape index (κ1) is 35.7. The minimum Gasteiger partial charge on any atom is -0.465 e. The van der Waals surface area contributed by atoms with E-state index in [1.807, 2.05) is 0 Å². The van der Waals surface area contributed by atoms with Gasteiger partial charge in [0.25, 0.3) is 11.8 Å². The summed E-state index contributed by atoms with van der Waals surface area (Å²) >= 11 is 0. The van der Waals surface area contributed by atoms with Gasteiger partial charge in [0.15, 0.2) is 11.6 Å². The number of alkyl halides is 6. The molecule has 2 aromatic heterocycles. The van der Waals surface area contributed by atoms with Crippen LogP contribution in [0.25, 0.3) is 0 Å². The number of anilines is 2. The Morgan fingerprint density at radius 3 is 1.62 bits per heavy atom. The number of hydrogen-bond acceptors (Lipinski definition) is 6. The molecule has 0 unspecified atom stereocenters. The lowest BCUT2D eigenvalue weighted by Crippen LogP contribution is -2.38. The summed E-state index contributed by atoms with van der Waals surface area (Å²) in [6.07, 6.45) is -10.5. The molecule has 12 nitrogen and oxygen atoms in total. The molecule has 0 aliphatic carbocycles. The maximum Gasteiger partial charge on any atom is 0.449 e. The van der Waals surface area contributed by atoms with Gasteiger partial charge in [-0.15, -0.1) is 12.4 Å². The minimum atomic E-state index is -4.71. The van der Waals surface area contributed by atoms with Crippen LogP contribution in [0, 0.1) is 0 Å². The molecule has 4 aromatic rings. The van der Waals surface area contributed by atoms with Gasteiger partial charge in [-0.2, -0.15) is 26.3 Å². The Labute approximate surface area is 274 Å². The Bertz CT molecular complexity index is 1780. The number of fused-ring (bicyclic) bond motifs is 2. The molecule has 0 spiro atoms. The predicted molar refractivity (Wildman–Crippen MR) is 161 cm³/mol. The van der Waals surface area contributed by atoms with E-state index in [0.29, 0.717) is 17.8 Å². The van der Waals surface area contributed by atoms with Crippen LogP contribution < -0.4 is 16.0 Å². The van der Waals surface area contributed by atoms with Crippen molar-refractivity contribution in [1.29, 1.82) is 0 Å². The molecule has 0 saturated carbocycles. The van der Waals surface area contributed by atoms with Gasteiger partial charge in [-0.3, -0.25) is 9.59 Å². The third kappa shape index (κ3) is 7.88. The van der Waals surface area contributed by atoms with Gasteiger partial charge in [0.1, 0.15) is 0 Å². The highest BCUT2D eigenvalue weighted by molar-refractivity contribution is 6.04. The van der Waals surface area contributed by atoms with Gasteiger partial charge in [-0.1, -0.05) is 36.4 Å². The molecule has 256 valence electrons. The van der Waals surface area contributed by atoms with Crippen molar-refractivity contribution in [3.8, 4) is 0 Å². The predicted octanol–water partition coefficient (Wildman–Crippen LogP) is 5.33. The maximum absolute atomic E-state index is 13.2. The van der Waals surface area contributed by atoms with Crippen LogP contribution in [0.5, 0.6) is 0 Å². The Morgan fingerprint density at radius 2 is 1.17 bits per heavy atom. The summed E-state index contributed by atoms with van der Waals surface area (Å²) in [4.78, 5) is 43.5. The van der Waals surface area contributed by atoms with E-state index >= 15 is 0 Å². The van der Waals surface area contributed by atoms with Crippen molar-refractivity contribution in [3.63, 3.8) is 0 Å². The second-order valence-electron chi connectivity index (χ2n) is 10.3. The van der Waals surface area contributed by atoms with Crippen molar-refractivity contribution >= 4 is 42.0 Å². The molecule has 4 heterocycles. The Balaban J connectivity index is 0.000000214. The average Bonchev–Trinajstić information content (AvgIpc) is 3.61. The molecule has 0 radical (unpaired) electrons. The number of nitrogens with zero attached hydrogens (tertiary/aromatic N) is 5. The second-order valence-corrected chi connectivity index (χ2v) is 10.3. The number of carbonyl (C=O) groups is 3. The first-order chi connectivity index (χ1) is 22.2. The van der Waals surface area contributed by atoms with Crippen LogP contribution in [0.4, 0.5) is 42.8 Å². The third-order valence-electron chi connectivity index (χ3n) is 7.20. The standard InChI is InChI=1S/C15H13F3N4O3.C14H13F3N4O.ClH/c16-15(17,18)13-20-11(19-12(23)9-4-2-1-3-5-9)10-8-21(14(24)25)6-7-22(10)13;15-14(16,17)13-20-11(10-8-18-6-7-21(10)13)19-12(22)9-4-2-1-3-5-9;/h1-5H,6-8H2,(H,19,23)(H,24,25);1-5,18H,6-8H2,(H,19,22);1H. The summed E-state index contributed by atoms with van der Waals surface area (Å²) in [5.41, 5.74) is 0.957. The van der Waals surface area contributed by atoms with Crippen LogP contribution in [0.2, 0.25) is 0 Å². The molecular formula is C29H27ClF6N8O4. The fourth-order valence-electron chi connectivity index (χ4n) is 5.01. The quantitative estimate of drug-likeness (QED) is 0.211. The van der Waals surface area contributed by atoms with Crippen molar-refractivity contribution in [2.75, 3.05) is 23.7 Å². The van der Waals surface area contributed by atoms with Crippen molar-refractivity contribution < 1.29 is 45.8 Å². The van der Waals surface area contributed by atoms with Crippen molar-refractivity contribution in [2.45, 2.75) is 38.5 Å². The fraction of sp³-hybridized carbons (Fsp3) is 0.276. The number of carboxylic acid groups (broad SMARTS) is 1. The van der Waals surface area contributed by atoms with Crippen LogP contribution in [0.15, 0.2) is 60.7 Å². The molecule has 48 heavy (non-hydrogen) atoms. The first-order valence-electron chi connectivity index (χ1n) is 14.0. The summed E-state index contributed by atoms with van der Waals surface area (Å²) in [5, 5.41) is 16.9. The molecule has 19 heteroatoms. The highest BCUT2D eigenvalue weighted by Crippen LogP contribution is 2.35. The number of amides is 3. The van der Waals surface area contributed by atoms with E-state index in [1.165, 1.54) is 12.1 Å². The largest absolute Gasteiger partial charge is 0.465 e. The monoisotopic (exact) mass is 700 g/mol. The highest BCUT2D eigenvalue weighted by Gasteiger charge is 2.41. The molecular weight excluding hydrogens is 674 g/mol. The van der Waals surface area contributed by atoms with E-state index in [4.69, 9.17) is 5.11 Å². The topological polar surface area (TPSA) is 146 Å². The molecule has 0 bridgehead atoms. The summed E-state index contributed by atoms with van der Waals surface area (Å²) in [5.74, 6) is -3.58. The van der Waals surface area contributed by atoms with Gasteiger partial charge >= 0.3 is 18.4 Å². The van der Waals surface area contributed by atoms with Gasteiger partial charge in [0, 0.05) is 43.9 Å². The van der Waals surface area contributed by atoms with Gasteiger partial charge in [-0.05, 0) is 24.3 Å². The van der Waals surface area contributed by atoms with Crippen LogP contribution in [0.1, 0.15) is 43.8 Å². The highest BCUT2D eigenvalue weighted by atomic mass is 35.5. The third-order valence-corrected chi connectivity index (χ3v) is 7.20. The van der Waals surface area contributed by atoms with Crippen LogP contribution in [-0.2, 0) is 38.5 Å². The lowest BCUT2D eigenvalue weighted by atomic mass is 10.2. The van der Waals surface area contributed by atoms with Gasteiger partial charge in [0.2, 0.25) is 11.6 Å². The summed E-state index contributed by atoms with van der Waals surface area (Å²) in [6, 6.07) is 16.2. The first-order valence-corrected chi connectivity index (χ1v) is 14.0. The number of nitrogens with one attached hydrogen (secondary N) is 3. The van der Waals surface area contributed by atoms with E-state index in [0.717, 1.165) is 14.0 Å². The van der Waals surface area contributed by atoms with Gasteiger partial charge in [0.05, 0.1) is 17.9 Å². The fourth-order valence-corrected chi connectivity index (χ4v) is 5.01. The number of imidazole rings is 2. The summed E-state index contributed by atoms with van der Waals surface area (Å²) in [6.45, 7) is 0.256. The van der Waals surface area contributed by atoms with E-state index < -0.39 is 41.9 Å². The number of benzene rings is 2. The van der Waals surface area contributed by atoms with Crippen molar-refractivity contribution in [1.82, 2.24) is 29.3 Å². The van der Waals surface area contributed by atoms with Gasteiger partial charge < -0.3 is 35.1 Å². The Kier molecular flexibility index (Phi) is 10.7. The van der Waals surface area contributed by atoms with E-state index in [9.17, 15) is 40.7 Å². The molecule has 4 N–H and O–H groups in total. The lowest BCUT2D eigenvalue weighted by Gasteiger charge is -2.27. The zero-order valence-electron chi connectivity index (χ0n) is 24.6. The summed E-state index contributed by atoms with van der Waals surface area (Å²) in [7, 11) is 0. The molecule has 0 saturated heterocycles. The normalized spacial score (nSPS) is 14.0.